The Morgan fingerprint density at radius 3 is 2.25 bits per heavy atom. The van der Waals surface area contributed by atoms with Crippen molar-refractivity contribution in [2.75, 3.05) is 5.75 Å². The topological polar surface area (TPSA) is 63.3 Å². The first-order valence-corrected chi connectivity index (χ1v) is 2.41. The van der Waals surface area contributed by atoms with E-state index in [0.717, 1.165) is 0 Å². The van der Waals surface area contributed by atoms with Crippen LogP contribution in [0.25, 0.3) is 0 Å². The van der Waals surface area contributed by atoms with Crippen LogP contribution in [0.15, 0.2) is 0 Å². The summed E-state index contributed by atoms with van der Waals surface area (Å²) in [6.45, 7) is 0. The molecule has 0 saturated heterocycles. The third kappa shape index (κ3) is 4.73. The molecular formula is C3H7NO2SSn. The van der Waals surface area contributed by atoms with Crippen LogP contribution >= 0.6 is 12.6 Å². The minimum atomic E-state index is -1.00. The van der Waals surface area contributed by atoms with Crippen molar-refractivity contribution >= 4 is 42.5 Å². The SMILES string of the molecule is N[C@@H](CS)C(=O)O.[Sn]. The fraction of sp³-hybridized carbons (Fsp3) is 0.667. The van der Waals surface area contributed by atoms with E-state index < -0.39 is 12.0 Å². The molecule has 3 nitrogen and oxygen atoms in total. The molecule has 0 aliphatic heterocycles. The van der Waals surface area contributed by atoms with Gasteiger partial charge in [-0.05, 0) is 0 Å². The molecule has 46 valence electrons. The van der Waals surface area contributed by atoms with E-state index in [1.165, 1.54) is 0 Å². The van der Waals surface area contributed by atoms with Gasteiger partial charge in [0.05, 0.1) is 0 Å². The van der Waals surface area contributed by atoms with Crippen molar-refractivity contribution in [2.24, 2.45) is 5.73 Å². The quantitative estimate of drug-likeness (QED) is 0.426. The van der Waals surface area contributed by atoms with Crippen LogP contribution in [0.3, 0.4) is 0 Å². The Balaban J connectivity index is 0. The third-order valence-electron chi connectivity index (χ3n) is 0.514. The number of carbonyl (C=O) groups is 1. The van der Waals surface area contributed by atoms with E-state index in [1.807, 2.05) is 0 Å². The fourth-order valence-corrected chi connectivity index (χ4v) is 0.234. The van der Waals surface area contributed by atoms with E-state index in [-0.39, 0.29) is 29.7 Å². The van der Waals surface area contributed by atoms with Gasteiger partial charge in [0.2, 0.25) is 0 Å². The Kier molecular flexibility index (Phi) is 8.13. The molecule has 0 amide bonds. The Morgan fingerprint density at radius 2 is 2.25 bits per heavy atom. The molecule has 0 rings (SSSR count). The van der Waals surface area contributed by atoms with Gasteiger partial charge < -0.3 is 10.8 Å². The fourth-order valence-electron chi connectivity index (χ4n) is 0.0781. The molecule has 8 heavy (non-hydrogen) atoms. The summed E-state index contributed by atoms with van der Waals surface area (Å²) in [4.78, 5) is 9.76. The largest absolute Gasteiger partial charge is 0.480 e. The summed E-state index contributed by atoms with van der Waals surface area (Å²) in [5.41, 5.74) is 4.94. The molecule has 3 N–H and O–H groups in total. The molecule has 0 spiro atoms. The molecule has 0 aromatic rings. The Bertz CT molecular complexity index is 79.7. The molecule has 0 aromatic carbocycles. The molecule has 0 aliphatic rings. The van der Waals surface area contributed by atoms with Gasteiger partial charge in [-0.3, -0.25) is 4.79 Å². The maximum Gasteiger partial charge on any atom is 0.321 e. The number of carboxylic acids is 1. The monoisotopic (exact) mass is 241 g/mol. The van der Waals surface area contributed by atoms with Gasteiger partial charge in [-0.15, -0.1) is 0 Å². The maximum absolute atomic E-state index is 9.76. The van der Waals surface area contributed by atoms with E-state index in [9.17, 15) is 4.79 Å². The smallest absolute Gasteiger partial charge is 0.321 e. The van der Waals surface area contributed by atoms with Crippen LogP contribution in [-0.4, -0.2) is 46.8 Å². The van der Waals surface area contributed by atoms with Crippen molar-refractivity contribution in [2.45, 2.75) is 6.04 Å². The summed E-state index contributed by atoms with van der Waals surface area (Å²) >= 11 is 3.65. The average molecular weight is 240 g/mol. The maximum atomic E-state index is 9.76. The molecule has 0 fully saturated rings. The number of hydrogen-bond donors (Lipinski definition) is 3. The summed E-state index contributed by atoms with van der Waals surface area (Å²) in [6.07, 6.45) is 0. The molecule has 4 radical (unpaired) electrons. The second kappa shape index (κ2) is 5.71. The molecule has 0 bridgehead atoms. The summed E-state index contributed by atoms with van der Waals surface area (Å²) in [5.74, 6) is -0.815. The molecule has 0 saturated carbocycles. The zero-order valence-electron chi connectivity index (χ0n) is 4.16. The van der Waals surface area contributed by atoms with Gasteiger partial charge in [0.15, 0.2) is 0 Å². The van der Waals surface area contributed by atoms with Crippen molar-refractivity contribution in [3.8, 4) is 0 Å². The van der Waals surface area contributed by atoms with Crippen LogP contribution in [0.1, 0.15) is 0 Å². The Hall–Kier alpha value is 0.579. The minimum Gasteiger partial charge on any atom is -0.480 e. The average Bonchev–Trinajstić information content (AvgIpc) is 1.65. The molecule has 1 atom stereocenters. The van der Waals surface area contributed by atoms with Crippen LogP contribution in [0, 0.1) is 0 Å². The molecule has 5 heteroatoms. The van der Waals surface area contributed by atoms with Gasteiger partial charge in [-0.2, -0.15) is 12.6 Å². The molecule has 0 aromatic heterocycles. The van der Waals surface area contributed by atoms with Crippen LogP contribution in [0.5, 0.6) is 0 Å². The first kappa shape index (κ1) is 11.4. The van der Waals surface area contributed by atoms with Crippen molar-refractivity contribution in [3.63, 3.8) is 0 Å². The van der Waals surface area contributed by atoms with E-state index in [1.54, 1.807) is 0 Å². The zero-order valence-corrected chi connectivity index (χ0v) is 7.91. The predicted octanol–water partition coefficient (Wildman–Crippen LogP) is -1.05. The first-order valence-electron chi connectivity index (χ1n) is 1.77. The minimum absolute atomic E-state index is 0. The third-order valence-corrected chi connectivity index (χ3v) is 0.907. The van der Waals surface area contributed by atoms with Gasteiger partial charge in [0.25, 0.3) is 0 Å². The molecule has 0 aliphatic carbocycles. The van der Waals surface area contributed by atoms with Crippen LogP contribution in [0.2, 0.25) is 0 Å². The molecule has 0 unspecified atom stereocenters. The summed E-state index contributed by atoms with van der Waals surface area (Å²) in [6, 6.07) is -0.816. The number of thiol groups is 1. The summed E-state index contributed by atoms with van der Waals surface area (Å²) < 4.78 is 0. The van der Waals surface area contributed by atoms with E-state index in [2.05, 4.69) is 12.6 Å². The zero-order chi connectivity index (χ0) is 5.86. The Labute approximate surface area is 70.0 Å². The molecular weight excluding hydrogens is 233 g/mol. The second-order valence-corrected chi connectivity index (χ2v) is 1.49. The first-order chi connectivity index (χ1) is 3.18. The van der Waals surface area contributed by atoms with Crippen molar-refractivity contribution in [1.29, 1.82) is 0 Å². The van der Waals surface area contributed by atoms with Crippen LogP contribution in [0.4, 0.5) is 0 Å². The number of nitrogens with two attached hydrogens (primary N) is 1. The van der Waals surface area contributed by atoms with Crippen molar-refractivity contribution in [1.82, 2.24) is 0 Å². The van der Waals surface area contributed by atoms with Gasteiger partial charge in [0, 0.05) is 29.7 Å². The standard InChI is InChI=1S/C3H7NO2S.Sn/c4-2(1-7)3(5)6;/h2,7H,1,4H2,(H,5,6);/t2-;/m0./s1. The van der Waals surface area contributed by atoms with Crippen molar-refractivity contribution < 1.29 is 9.90 Å². The van der Waals surface area contributed by atoms with Crippen LogP contribution in [-0.2, 0) is 4.79 Å². The number of rotatable bonds is 2. The summed E-state index contributed by atoms with van der Waals surface area (Å²) in [7, 11) is 0. The number of aliphatic carboxylic acids is 1. The number of carboxylic acid groups (broad SMARTS) is 1. The summed E-state index contributed by atoms with van der Waals surface area (Å²) in [5, 5.41) is 8.01. The van der Waals surface area contributed by atoms with Crippen molar-refractivity contribution in [3.05, 3.63) is 0 Å². The molecule has 0 heterocycles. The van der Waals surface area contributed by atoms with Gasteiger partial charge >= 0.3 is 5.97 Å². The number of hydrogen-bond acceptors (Lipinski definition) is 3. The van der Waals surface area contributed by atoms with Gasteiger partial charge in [-0.25, -0.2) is 0 Å². The van der Waals surface area contributed by atoms with E-state index in [0.29, 0.717) is 0 Å². The normalized spacial score (nSPS) is 11.8. The van der Waals surface area contributed by atoms with Crippen LogP contribution < -0.4 is 5.73 Å². The van der Waals surface area contributed by atoms with E-state index >= 15 is 0 Å². The van der Waals surface area contributed by atoms with Gasteiger partial charge in [-0.1, -0.05) is 0 Å². The van der Waals surface area contributed by atoms with E-state index in [4.69, 9.17) is 10.8 Å². The second-order valence-electron chi connectivity index (χ2n) is 1.13. The van der Waals surface area contributed by atoms with Gasteiger partial charge in [0.1, 0.15) is 6.04 Å². The Morgan fingerprint density at radius 1 is 1.88 bits per heavy atom. The predicted molar refractivity (Wildman–Crippen MR) is 35.2 cm³/mol.